The van der Waals surface area contributed by atoms with Crippen molar-refractivity contribution >= 4 is 12.1 Å². The van der Waals surface area contributed by atoms with E-state index in [2.05, 4.69) is 5.32 Å². The summed E-state index contributed by atoms with van der Waals surface area (Å²) in [7, 11) is 0. The SMILES string of the molecule is CC1C(c2ccc(C(F)(F)F)cc2)OC(=O)N1C(=O)NC1CCCCC1. The molecule has 26 heavy (non-hydrogen) atoms. The number of carbonyl (C=O) groups excluding carboxylic acids is 2. The van der Waals surface area contributed by atoms with Gasteiger partial charge in [-0.15, -0.1) is 0 Å². The molecule has 2 fully saturated rings. The lowest BCUT2D eigenvalue weighted by Crippen LogP contribution is -2.48. The molecule has 5 nitrogen and oxygen atoms in total. The molecular weight excluding hydrogens is 349 g/mol. The van der Waals surface area contributed by atoms with Gasteiger partial charge in [-0.25, -0.2) is 14.5 Å². The minimum atomic E-state index is -4.43. The zero-order valence-corrected chi connectivity index (χ0v) is 14.4. The number of alkyl halides is 3. The number of carbonyl (C=O) groups is 2. The van der Waals surface area contributed by atoms with Crippen molar-refractivity contribution in [2.45, 2.75) is 63.4 Å². The van der Waals surface area contributed by atoms with E-state index in [9.17, 15) is 22.8 Å². The summed E-state index contributed by atoms with van der Waals surface area (Å²) in [6.07, 6.45) is -1.01. The summed E-state index contributed by atoms with van der Waals surface area (Å²) in [6, 6.07) is 3.37. The van der Waals surface area contributed by atoms with E-state index in [0.717, 1.165) is 49.1 Å². The third kappa shape index (κ3) is 3.78. The van der Waals surface area contributed by atoms with Crippen LogP contribution in [-0.2, 0) is 10.9 Å². The van der Waals surface area contributed by atoms with Gasteiger partial charge in [0.15, 0.2) is 0 Å². The Bertz CT molecular complexity index is 669. The average Bonchev–Trinajstić information content (AvgIpc) is 2.89. The maximum Gasteiger partial charge on any atom is 0.419 e. The molecule has 8 heteroatoms. The van der Waals surface area contributed by atoms with Gasteiger partial charge in [0.05, 0.1) is 11.6 Å². The van der Waals surface area contributed by atoms with E-state index < -0.39 is 36.0 Å². The summed E-state index contributed by atoms with van der Waals surface area (Å²) in [5.41, 5.74) is -0.350. The number of hydrogen-bond acceptors (Lipinski definition) is 3. The summed E-state index contributed by atoms with van der Waals surface area (Å²) in [5.74, 6) is 0. The molecular formula is C18H21F3N2O3. The van der Waals surface area contributed by atoms with E-state index in [-0.39, 0.29) is 6.04 Å². The van der Waals surface area contributed by atoms with Crippen LogP contribution < -0.4 is 5.32 Å². The Morgan fingerprint density at radius 2 is 1.77 bits per heavy atom. The van der Waals surface area contributed by atoms with Crippen LogP contribution in [0.3, 0.4) is 0 Å². The fraction of sp³-hybridized carbons (Fsp3) is 0.556. The lowest BCUT2D eigenvalue weighted by molar-refractivity contribution is -0.137. The minimum absolute atomic E-state index is 0.0429. The van der Waals surface area contributed by atoms with Gasteiger partial charge in [0.2, 0.25) is 0 Å². The molecule has 1 heterocycles. The highest BCUT2D eigenvalue weighted by Gasteiger charge is 2.44. The molecule has 0 bridgehead atoms. The molecule has 0 radical (unpaired) electrons. The first-order valence-corrected chi connectivity index (χ1v) is 8.75. The van der Waals surface area contributed by atoms with Gasteiger partial charge in [-0.3, -0.25) is 0 Å². The first-order valence-electron chi connectivity index (χ1n) is 8.75. The van der Waals surface area contributed by atoms with Gasteiger partial charge in [0.1, 0.15) is 6.10 Å². The van der Waals surface area contributed by atoms with Crippen LogP contribution in [0.2, 0.25) is 0 Å². The van der Waals surface area contributed by atoms with E-state index in [1.807, 2.05) is 0 Å². The van der Waals surface area contributed by atoms with Gasteiger partial charge in [0.25, 0.3) is 0 Å². The minimum Gasteiger partial charge on any atom is -0.439 e. The number of halogens is 3. The van der Waals surface area contributed by atoms with Crippen LogP contribution in [0.4, 0.5) is 22.8 Å². The van der Waals surface area contributed by atoms with Crippen molar-refractivity contribution in [3.8, 4) is 0 Å². The van der Waals surface area contributed by atoms with Gasteiger partial charge >= 0.3 is 18.3 Å². The lowest BCUT2D eigenvalue weighted by Gasteiger charge is -2.26. The molecule has 2 atom stereocenters. The van der Waals surface area contributed by atoms with Gasteiger partial charge in [-0.05, 0) is 37.5 Å². The maximum atomic E-state index is 12.7. The molecule has 0 spiro atoms. The molecule has 3 amide bonds. The second kappa shape index (κ2) is 7.17. The highest BCUT2D eigenvalue weighted by atomic mass is 19.4. The standard InChI is InChI=1S/C18H21F3N2O3/c1-11-15(12-7-9-13(10-8-12)18(19,20)21)26-17(25)23(11)16(24)22-14-5-3-2-4-6-14/h7-11,14-15H,2-6H2,1H3,(H,22,24). The zero-order chi connectivity index (χ0) is 18.9. The molecule has 142 valence electrons. The summed E-state index contributed by atoms with van der Waals surface area (Å²) < 4.78 is 43.3. The Morgan fingerprint density at radius 3 is 2.35 bits per heavy atom. The maximum absolute atomic E-state index is 12.7. The molecule has 1 aromatic carbocycles. The van der Waals surface area contributed by atoms with E-state index in [0.29, 0.717) is 5.56 Å². The van der Waals surface area contributed by atoms with Crippen molar-refractivity contribution in [2.75, 3.05) is 0 Å². The van der Waals surface area contributed by atoms with Crippen LogP contribution in [0.25, 0.3) is 0 Å². The largest absolute Gasteiger partial charge is 0.439 e. The summed E-state index contributed by atoms with van der Waals surface area (Å²) in [4.78, 5) is 25.6. The fourth-order valence-electron chi connectivity index (χ4n) is 3.53. The van der Waals surface area contributed by atoms with Crippen LogP contribution in [0.5, 0.6) is 0 Å². The first-order chi connectivity index (χ1) is 12.3. The third-order valence-electron chi connectivity index (χ3n) is 4.99. The van der Waals surface area contributed by atoms with Crippen molar-refractivity contribution < 1.29 is 27.5 Å². The Kier molecular flexibility index (Phi) is 5.11. The van der Waals surface area contributed by atoms with Gasteiger partial charge in [0, 0.05) is 6.04 Å². The van der Waals surface area contributed by atoms with Gasteiger partial charge in [-0.1, -0.05) is 31.4 Å². The number of benzene rings is 1. The van der Waals surface area contributed by atoms with Crippen molar-refractivity contribution in [1.82, 2.24) is 10.2 Å². The van der Waals surface area contributed by atoms with Crippen molar-refractivity contribution in [3.63, 3.8) is 0 Å². The molecule has 3 rings (SSSR count). The zero-order valence-electron chi connectivity index (χ0n) is 14.4. The van der Waals surface area contributed by atoms with Crippen molar-refractivity contribution in [3.05, 3.63) is 35.4 Å². The second-order valence-electron chi connectivity index (χ2n) is 6.82. The van der Waals surface area contributed by atoms with Crippen LogP contribution in [0.1, 0.15) is 56.3 Å². The van der Waals surface area contributed by atoms with E-state index >= 15 is 0 Å². The van der Waals surface area contributed by atoms with Gasteiger partial charge in [-0.2, -0.15) is 13.2 Å². The summed E-state index contributed by atoms with van der Waals surface area (Å²) in [6.45, 7) is 1.65. The van der Waals surface area contributed by atoms with Crippen LogP contribution in [-0.4, -0.2) is 29.1 Å². The number of imide groups is 1. The number of ether oxygens (including phenoxy) is 1. The topological polar surface area (TPSA) is 58.6 Å². The highest BCUT2D eigenvalue weighted by Crippen LogP contribution is 2.35. The molecule has 1 aromatic rings. The molecule has 2 aliphatic rings. The molecule has 1 aliphatic carbocycles. The number of cyclic esters (lactones) is 1. The third-order valence-corrected chi connectivity index (χ3v) is 4.99. The Balaban J connectivity index is 1.69. The molecule has 0 aromatic heterocycles. The van der Waals surface area contributed by atoms with Crippen molar-refractivity contribution in [1.29, 1.82) is 0 Å². The van der Waals surface area contributed by atoms with Gasteiger partial charge < -0.3 is 10.1 Å². The number of nitrogens with one attached hydrogen (secondary N) is 1. The second-order valence-corrected chi connectivity index (χ2v) is 6.82. The Morgan fingerprint density at radius 1 is 1.15 bits per heavy atom. The summed E-state index contributed by atoms with van der Waals surface area (Å²) >= 11 is 0. The van der Waals surface area contributed by atoms with Crippen molar-refractivity contribution in [2.24, 2.45) is 0 Å². The molecule has 1 N–H and O–H groups in total. The van der Waals surface area contributed by atoms with E-state index in [1.165, 1.54) is 12.1 Å². The predicted octanol–water partition coefficient (Wildman–Crippen LogP) is 4.63. The highest BCUT2D eigenvalue weighted by molar-refractivity contribution is 5.93. The number of amides is 3. The number of nitrogens with zero attached hydrogens (tertiary/aromatic N) is 1. The smallest absolute Gasteiger partial charge is 0.419 e. The molecule has 2 unspecified atom stereocenters. The number of hydrogen-bond donors (Lipinski definition) is 1. The summed E-state index contributed by atoms with van der Waals surface area (Å²) in [5, 5.41) is 2.86. The lowest BCUT2D eigenvalue weighted by atomic mass is 9.95. The molecule has 1 saturated heterocycles. The Hall–Kier alpha value is -2.25. The Labute approximate surface area is 149 Å². The fourth-order valence-corrected chi connectivity index (χ4v) is 3.53. The molecule has 1 aliphatic heterocycles. The molecule has 1 saturated carbocycles. The average molecular weight is 370 g/mol. The van der Waals surface area contributed by atoms with E-state index in [1.54, 1.807) is 6.92 Å². The normalized spacial score (nSPS) is 24.5. The predicted molar refractivity (Wildman–Crippen MR) is 87.4 cm³/mol. The number of urea groups is 1. The van der Waals surface area contributed by atoms with Crippen LogP contribution >= 0.6 is 0 Å². The first kappa shape index (κ1) is 18.5. The van der Waals surface area contributed by atoms with Crippen LogP contribution in [0, 0.1) is 0 Å². The monoisotopic (exact) mass is 370 g/mol. The number of rotatable bonds is 2. The van der Waals surface area contributed by atoms with Crippen LogP contribution in [0.15, 0.2) is 24.3 Å². The quantitative estimate of drug-likeness (QED) is 0.826. The van der Waals surface area contributed by atoms with E-state index in [4.69, 9.17) is 4.74 Å².